The van der Waals surface area contributed by atoms with Gasteiger partial charge in [-0.05, 0) is 45.6 Å². The van der Waals surface area contributed by atoms with Gasteiger partial charge < -0.3 is 15.5 Å². The van der Waals surface area contributed by atoms with Crippen LogP contribution in [0.3, 0.4) is 0 Å². The zero-order valence-electron chi connectivity index (χ0n) is 17.6. The van der Waals surface area contributed by atoms with Crippen LogP contribution in [0.15, 0.2) is 54.7 Å². The first kappa shape index (κ1) is 21.1. The second-order valence-corrected chi connectivity index (χ2v) is 7.32. The van der Waals surface area contributed by atoms with Crippen molar-refractivity contribution in [3.05, 3.63) is 71.7 Å². The zero-order valence-corrected chi connectivity index (χ0v) is 17.6. The van der Waals surface area contributed by atoms with Crippen molar-refractivity contribution in [1.29, 1.82) is 0 Å². The number of nitrogens with one attached hydrogen (secondary N) is 2. The van der Waals surface area contributed by atoms with Crippen LogP contribution in [0.2, 0.25) is 0 Å². The topological polar surface area (TPSA) is 87.2 Å². The van der Waals surface area contributed by atoms with Crippen molar-refractivity contribution < 1.29 is 9.59 Å². The maximum atomic E-state index is 13.1. The SMILES string of the molecule is Cc1ncc(C(=O)Nc2cc(NC(=O)CN(C)C)ccc2C)c(-c2ccccc2)n1. The van der Waals surface area contributed by atoms with E-state index in [-0.39, 0.29) is 18.4 Å². The van der Waals surface area contributed by atoms with Crippen LogP contribution in [0.25, 0.3) is 11.3 Å². The second-order valence-electron chi connectivity index (χ2n) is 7.32. The summed E-state index contributed by atoms with van der Waals surface area (Å²) in [5.74, 6) is 0.153. The first-order valence-electron chi connectivity index (χ1n) is 9.59. The summed E-state index contributed by atoms with van der Waals surface area (Å²) in [4.78, 5) is 35.6. The fraction of sp³-hybridized carbons (Fsp3) is 0.217. The Balaban J connectivity index is 1.86. The summed E-state index contributed by atoms with van der Waals surface area (Å²) in [6.07, 6.45) is 1.54. The smallest absolute Gasteiger partial charge is 0.259 e. The van der Waals surface area contributed by atoms with Crippen molar-refractivity contribution in [1.82, 2.24) is 14.9 Å². The van der Waals surface area contributed by atoms with Crippen LogP contribution in [0.5, 0.6) is 0 Å². The van der Waals surface area contributed by atoms with E-state index < -0.39 is 0 Å². The molecule has 0 spiro atoms. The summed E-state index contributed by atoms with van der Waals surface area (Å²) in [5, 5.41) is 5.77. The van der Waals surface area contributed by atoms with Crippen molar-refractivity contribution in [2.75, 3.05) is 31.3 Å². The highest BCUT2D eigenvalue weighted by Gasteiger charge is 2.17. The number of nitrogens with zero attached hydrogens (tertiary/aromatic N) is 3. The summed E-state index contributed by atoms with van der Waals surface area (Å²) in [7, 11) is 3.66. The Morgan fingerprint density at radius 1 is 1.00 bits per heavy atom. The molecule has 0 fully saturated rings. The molecule has 0 aliphatic carbocycles. The Bertz CT molecular complexity index is 1060. The molecule has 1 aromatic heterocycles. The van der Waals surface area contributed by atoms with Crippen LogP contribution in [0.1, 0.15) is 21.7 Å². The normalized spacial score (nSPS) is 10.7. The van der Waals surface area contributed by atoms with E-state index in [0.29, 0.717) is 28.5 Å². The molecule has 2 N–H and O–H groups in total. The number of hydrogen-bond acceptors (Lipinski definition) is 5. The Labute approximate surface area is 176 Å². The number of benzene rings is 2. The molecule has 0 aliphatic heterocycles. The molecule has 0 saturated heterocycles. The molecule has 2 aromatic carbocycles. The van der Waals surface area contributed by atoms with E-state index in [2.05, 4.69) is 20.6 Å². The molecular weight excluding hydrogens is 378 g/mol. The van der Waals surface area contributed by atoms with Gasteiger partial charge in [0.15, 0.2) is 0 Å². The highest BCUT2D eigenvalue weighted by Crippen LogP contribution is 2.24. The largest absolute Gasteiger partial charge is 0.325 e. The predicted molar refractivity (Wildman–Crippen MR) is 119 cm³/mol. The van der Waals surface area contributed by atoms with E-state index in [9.17, 15) is 9.59 Å². The fourth-order valence-corrected chi connectivity index (χ4v) is 2.96. The van der Waals surface area contributed by atoms with Gasteiger partial charge in [0.25, 0.3) is 5.91 Å². The summed E-state index contributed by atoms with van der Waals surface area (Å²) in [6, 6.07) is 14.9. The van der Waals surface area contributed by atoms with Gasteiger partial charge in [-0.25, -0.2) is 9.97 Å². The standard InChI is InChI=1S/C23H25N5O2/c1-15-10-11-18(26-21(29)14-28(3)4)12-20(15)27-23(30)19-13-24-16(2)25-22(19)17-8-6-5-7-9-17/h5-13H,14H2,1-4H3,(H,26,29)(H,27,30). The van der Waals surface area contributed by atoms with Gasteiger partial charge in [-0.15, -0.1) is 0 Å². The van der Waals surface area contributed by atoms with Gasteiger partial charge in [0.05, 0.1) is 17.8 Å². The molecule has 0 atom stereocenters. The molecule has 0 unspecified atom stereocenters. The summed E-state index contributed by atoms with van der Waals surface area (Å²) >= 11 is 0. The monoisotopic (exact) mass is 403 g/mol. The minimum absolute atomic E-state index is 0.126. The van der Waals surface area contributed by atoms with Gasteiger partial charge in [0, 0.05) is 23.1 Å². The molecule has 0 aliphatic rings. The lowest BCUT2D eigenvalue weighted by Gasteiger charge is -2.14. The highest BCUT2D eigenvalue weighted by molar-refractivity contribution is 6.08. The number of carbonyl (C=O) groups is 2. The number of amides is 2. The molecule has 0 radical (unpaired) electrons. The quantitative estimate of drug-likeness (QED) is 0.658. The maximum absolute atomic E-state index is 13.1. The first-order valence-corrected chi connectivity index (χ1v) is 9.59. The third-order valence-corrected chi connectivity index (χ3v) is 4.43. The van der Waals surface area contributed by atoms with E-state index >= 15 is 0 Å². The molecule has 7 nitrogen and oxygen atoms in total. The van der Waals surface area contributed by atoms with E-state index in [1.54, 1.807) is 17.9 Å². The van der Waals surface area contributed by atoms with E-state index in [0.717, 1.165) is 11.1 Å². The molecule has 154 valence electrons. The molecule has 30 heavy (non-hydrogen) atoms. The van der Waals surface area contributed by atoms with Crippen molar-refractivity contribution in [2.24, 2.45) is 0 Å². The maximum Gasteiger partial charge on any atom is 0.259 e. The number of rotatable bonds is 6. The average molecular weight is 403 g/mol. The van der Waals surface area contributed by atoms with Crippen LogP contribution in [0, 0.1) is 13.8 Å². The number of aromatic nitrogens is 2. The van der Waals surface area contributed by atoms with E-state index in [1.807, 2.05) is 63.5 Å². The van der Waals surface area contributed by atoms with Crippen molar-refractivity contribution in [2.45, 2.75) is 13.8 Å². The number of carbonyl (C=O) groups excluding carboxylic acids is 2. The minimum atomic E-state index is -0.311. The number of anilines is 2. The lowest BCUT2D eigenvalue weighted by atomic mass is 10.1. The predicted octanol–water partition coefficient (Wildman–Crippen LogP) is 3.51. The van der Waals surface area contributed by atoms with Gasteiger partial charge in [0.2, 0.25) is 5.91 Å². The van der Waals surface area contributed by atoms with Gasteiger partial charge in [-0.1, -0.05) is 36.4 Å². The van der Waals surface area contributed by atoms with Crippen LogP contribution in [0.4, 0.5) is 11.4 Å². The highest BCUT2D eigenvalue weighted by atomic mass is 16.2. The molecule has 0 bridgehead atoms. The van der Waals surface area contributed by atoms with Gasteiger partial charge in [0.1, 0.15) is 5.82 Å². The summed E-state index contributed by atoms with van der Waals surface area (Å²) in [5.41, 5.74) is 3.91. The van der Waals surface area contributed by atoms with Crippen molar-refractivity contribution >= 4 is 23.2 Å². The number of hydrogen-bond donors (Lipinski definition) is 2. The molecule has 0 saturated carbocycles. The average Bonchev–Trinajstić information content (AvgIpc) is 2.70. The molecule has 3 rings (SSSR count). The van der Waals surface area contributed by atoms with E-state index in [1.165, 1.54) is 6.20 Å². The lowest BCUT2D eigenvalue weighted by molar-refractivity contribution is -0.116. The van der Waals surface area contributed by atoms with Crippen LogP contribution in [-0.2, 0) is 4.79 Å². The summed E-state index contributed by atoms with van der Waals surface area (Å²) < 4.78 is 0. The van der Waals surface area contributed by atoms with Gasteiger partial charge in [-0.3, -0.25) is 9.59 Å². The van der Waals surface area contributed by atoms with Gasteiger partial charge >= 0.3 is 0 Å². The molecular formula is C23H25N5O2. The van der Waals surface area contributed by atoms with Gasteiger partial charge in [-0.2, -0.15) is 0 Å². The Kier molecular flexibility index (Phi) is 6.54. The Hall–Kier alpha value is -3.58. The molecule has 3 aromatic rings. The minimum Gasteiger partial charge on any atom is -0.325 e. The van der Waals surface area contributed by atoms with Crippen LogP contribution < -0.4 is 10.6 Å². The molecule has 1 heterocycles. The van der Waals surface area contributed by atoms with Crippen molar-refractivity contribution in [3.8, 4) is 11.3 Å². The molecule has 7 heteroatoms. The second kappa shape index (κ2) is 9.28. The summed E-state index contributed by atoms with van der Waals surface area (Å²) in [6.45, 7) is 3.96. The fourth-order valence-electron chi connectivity index (χ4n) is 2.96. The number of aryl methyl sites for hydroxylation is 2. The third kappa shape index (κ3) is 5.27. The lowest BCUT2D eigenvalue weighted by Crippen LogP contribution is -2.27. The Morgan fingerprint density at radius 3 is 2.43 bits per heavy atom. The van der Waals surface area contributed by atoms with Crippen molar-refractivity contribution in [3.63, 3.8) is 0 Å². The Morgan fingerprint density at radius 2 is 1.73 bits per heavy atom. The molecule has 2 amide bonds. The first-order chi connectivity index (χ1) is 14.3. The van der Waals surface area contributed by atoms with E-state index in [4.69, 9.17) is 0 Å². The van der Waals surface area contributed by atoms with Crippen LogP contribution >= 0.6 is 0 Å². The van der Waals surface area contributed by atoms with Crippen LogP contribution in [-0.4, -0.2) is 47.3 Å². The number of likely N-dealkylation sites (N-methyl/N-ethyl adjacent to an activating group) is 1. The zero-order chi connectivity index (χ0) is 21.7. The third-order valence-electron chi connectivity index (χ3n) is 4.43.